The summed E-state index contributed by atoms with van der Waals surface area (Å²) in [5.41, 5.74) is 2.19. The minimum Gasteiger partial charge on any atom is -0.319 e. The monoisotopic (exact) mass is 355 g/mol. The predicted molar refractivity (Wildman–Crippen MR) is 97.4 cm³/mol. The maximum Gasteiger partial charge on any atom is 0.208 e. The number of nitrogens with zero attached hydrogens (tertiary/aromatic N) is 2. The summed E-state index contributed by atoms with van der Waals surface area (Å²) in [7, 11) is -3.10. The van der Waals surface area contributed by atoms with Crippen LogP contribution in [0, 0.1) is 5.92 Å². The minimum absolute atomic E-state index is 0.470. The topological polar surface area (TPSA) is 64.0 Å². The van der Waals surface area contributed by atoms with E-state index in [1.807, 2.05) is 18.2 Å². The zero-order chi connectivity index (χ0) is 16.9. The molecule has 0 bridgehead atoms. The number of para-hydroxylation sites is 2. The Bertz CT molecular complexity index is 739. The number of aromatic nitrogens is 2. The first-order valence-electron chi connectivity index (χ1n) is 7.89. The lowest BCUT2D eigenvalue weighted by Gasteiger charge is -2.10. The summed E-state index contributed by atoms with van der Waals surface area (Å²) in [6.45, 7) is 5.88. The highest BCUT2D eigenvalue weighted by Gasteiger charge is 2.11. The van der Waals surface area contributed by atoms with E-state index in [-0.39, 0.29) is 0 Å². The van der Waals surface area contributed by atoms with Crippen LogP contribution in [0.1, 0.15) is 26.7 Å². The molecule has 0 aliphatic heterocycles. The van der Waals surface area contributed by atoms with Crippen LogP contribution in [0.2, 0.25) is 0 Å². The number of thioether (sulfide) groups is 1. The van der Waals surface area contributed by atoms with Crippen LogP contribution < -0.4 is 4.72 Å². The lowest BCUT2D eigenvalue weighted by atomic mass is 10.1. The molecule has 23 heavy (non-hydrogen) atoms. The van der Waals surface area contributed by atoms with E-state index in [9.17, 15) is 8.42 Å². The smallest absolute Gasteiger partial charge is 0.208 e. The molecule has 0 radical (unpaired) electrons. The van der Waals surface area contributed by atoms with Crippen LogP contribution in [-0.2, 0) is 16.6 Å². The molecule has 5 nitrogen and oxygen atoms in total. The van der Waals surface area contributed by atoms with Crippen molar-refractivity contribution in [1.29, 1.82) is 0 Å². The van der Waals surface area contributed by atoms with Gasteiger partial charge in [0.1, 0.15) is 0 Å². The highest BCUT2D eigenvalue weighted by atomic mass is 32.2. The largest absolute Gasteiger partial charge is 0.319 e. The summed E-state index contributed by atoms with van der Waals surface area (Å²) >= 11 is 1.69. The molecule has 0 amide bonds. The lowest BCUT2D eigenvalue weighted by molar-refractivity contribution is 0.503. The van der Waals surface area contributed by atoms with E-state index in [2.05, 4.69) is 29.2 Å². The molecule has 0 saturated carbocycles. The van der Waals surface area contributed by atoms with Gasteiger partial charge in [-0.25, -0.2) is 18.1 Å². The number of rotatable bonds is 9. The van der Waals surface area contributed by atoms with Crippen molar-refractivity contribution in [3.05, 3.63) is 24.3 Å². The van der Waals surface area contributed by atoms with Crippen molar-refractivity contribution < 1.29 is 8.42 Å². The predicted octanol–water partition coefficient (Wildman–Crippen LogP) is 3.11. The number of hydrogen-bond acceptors (Lipinski definition) is 4. The van der Waals surface area contributed by atoms with Gasteiger partial charge < -0.3 is 4.57 Å². The van der Waals surface area contributed by atoms with Crippen molar-refractivity contribution in [2.75, 3.05) is 18.6 Å². The fourth-order valence-electron chi connectivity index (χ4n) is 2.26. The van der Waals surface area contributed by atoms with Gasteiger partial charge in [-0.05, 0) is 30.9 Å². The van der Waals surface area contributed by atoms with Gasteiger partial charge in [0.15, 0.2) is 5.16 Å². The summed E-state index contributed by atoms with van der Waals surface area (Å²) in [4.78, 5) is 4.72. The number of fused-ring (bicyclic) bond motifs is 1. The molecule has 1 heterocycles. The number of benzene rings is 1. The number of aryl methyl sites for hydroxylation is 1. The van der Waals surface area contributed by atoms with Crippen molar-refractivity contribution >= 4 is 32.8 Å². The van der Waals surface area contributed by atoms with E-state index in [0.717, 1.165) is 35.8 Å². The summed E-state index contributed by atoms with van der Waals surface area (Å²) < 4.78 is 26.9. The van der Waals surface area contributed by atoms with Crippen molar-refractivity contribution in [3.8, 4) is 0 Å². The third-order valence-corrected chi connectivity index (χ3v) is 5.26. The summed E-state index contributed by atoms with van der Waals surface area (Å²) in [6.07, 6.45) is 3.08. The van der Waals surface area contributed by atoms with Crippen LogP contribution in [0.4, 0.5) is 0 Å². The Morgan fingerprint density at radius 3 is 2.74 bits per heavy atom. The molecule has 0 aliphatic rings. The van der Waals surface area contributed by atoms with Gasteiger partial charge >= 0.3 is 0 Å². The zero-order valence-corrected chi connectivity index (χ0v) is 15.6. The molecule has 1 N–H and O–H groups in total. The summed E-state index contributed by atoms with van der Waals surface area (Å²) in [5, 5.41) is 1.02. The second-order valence-electron chi connectivity index (χ2n) is 6.09. The second kappa shape index (κ2) is 8.17. The molecular formula is C16H25N3O2S2. The molecular weight excluding hydrogens is 330 g/mol. The van der Waals surface area contributed by atoms with Crippen LogP contribution in [-0.4, -0.2) is 36.5 Å². The van der Waals surface area contributed by atoms with Gasteiger partial charge in [-0.3, -0.25) is 0 Å². The Balaban J connectivity index is 2.02. The standard InChI is InChI=1S/C16H25N3O2S2/c1-13(2)9-11-19-15-8-5-4-7-14(15)18-16(19)22-12-6-10-17-23(3,20)21/h4-5,7-8,13,17H,6,9-12H2,1-3H3. The highest BCUT2D eigenvalue weighted by molar-refractivity contribution is 7.99. The van der Waals surface area contributed by atoms with Gasteiger partial charge in [-0.2, -0.15) is 0 Å². The Morgan fingerprint density at radius 2 is 2.04 bits per heavy atom. The van der Waals surface area contributed by atoms with Crippen LogP contribution >= 0.6 is 11.8 Å². The average Bonchev–Trinajstić information content (AvgIpc) is 2.81. The van der Waals surface area contributed by atoms with Crippen molar-refractivity contribution in [1.82, 2.24) is 14.3 Å². The number of sulfonamides is 1. The second-order valence-corrected chi connectivity index (χ2v) is 8.98. The first-order chi connectivity index (χ1) is 10.9. The first kappa shape index (κ1) is 18.3. The third kappa shape index (κ3) is 5.82. The molecule has 0 fully saturated rings. The molecule has 0 spiro atoms. The summed E-state index contributed by atoms with van der Waals surface area (Å²) in [5.74, 6) is 1.49. The Kier molecular flexibility index (Phi) is 6.50. The fourth-order valence-corrected chi connectivity index (χ4v) is 3.75. The van der Waals surface area contributed by atoms with Crippen molar-refractivity contribution in [3.63, 3.8) is 0 Å². The van der Waals surface area contributed by atoms with E-state index < -0.39 is 10.0 Å². The van der Waals surface area contributed by atoms with E-state index in [4.69, 9.17) is 4.98 Å². The molecule has 1 aromatic heterocycles. The Labute approximate surface area is 142 Å². The van der Waals surface area contributed by atoms with Crippen molar-refractivity contribution in [2.45, 2.75) is 38.4 Å². The van der Waals surface area contributed by atoms with Gasteiger partial charge in [0, 0.05) is 18.8 Å². The van der Waals surface area contributed by atoms with Gasteiger partial charge in [-0.15, -0.1) is 0 Å². The van der Waals surface area contributed by atoms with Gasteiger partial charge in [-0.1, -0.05) is 37.7 Å². The first-order valence-corrected chi connectivity index (χ1v) is 10.8. The van der Waals surface area contributed by atoms with Gasteiger partial charge in [0.25, 0.3) is 0 Å². The summed E-state index contributed by atoms with van der Waals surface area (Å²) in [6, 6.07) is 8.20. The zero-order valence-electron chi connectivity index (χ0n) is 13.9. The Hall–Kier alpha value is -1.05. The molecule has 0 aliphatic carbocycles. The van der Waals surface area contributed by atoms with Gasteiger partial charge in [0.2, 0.25) is 10.0 Å². The van der Waals surface area contributed by atoms with Crippen LogP contribution in [0.25, 0.3) is 11.0 Å². The van der Waals surface area contributed by atoms with Gasteiger partial charge in [0.05, 0.1) is 17.3 Å². The molecule has 128 valence electrons. The van der Waals surface area contributed by atoms with Crippen LogP contribution in [0.3, 0.4) is 0 Å². The highest BCUT2D eigenvalue weighted by Crippen LogP contribution is 2.25. The molecule has 0 unspecified atom stereocenters. The van der Waals surface area contributed by atoms with Crippen LogP contribution in [0.15, 0.2) is 29.4 Å². The fraction of sp³-hybridized carbons (Fsp3) is 0.562. The van der Waals surface area contributed by atoms with E-state index in [1.54, 1.807) is 11.8 Å². The maximum absolute atomic E-state index is 11.1. The SMILES string of the molecule is CC(C)CCn1c(SCCCNS(C)(=O)=O)nc2ccccc21. The molecule has 0 atom stereocenters. The number of nitrogens with one attached hydrogen (secondary N) is 1. The molecule has 2 rings (SSSR count). The third-order valence-electron chi connectivity index (χ3n) is 3.47. The van der Waals surface area contributed by atoms with E-state index in [1.165, 1.54) is 11.8 Å². The number of hydrogen-bond donors (Lipinski definition) is 1. The van der Waals surface area contributed by atoms with E-state index >= 15 is 0 Å². The normalized spacial score (nSPS) is 12.3. The average molecular weight is 356 g/mol. The Morgan fingerprint density at radius 1 is 1.30 bits per heavy atom. The molecule has 2 aromatic rings. The molecule has 7 heteroatoms. The van der Waals surface area contributed by atoms with E-state index in [0.29, 0.717) is 12.5 Å². The lowest BCUT2D eigenvalue weighted by Crippen LogP contribution is -2.23. The quantitative estimate of drug-likeness (QED) is 0.554. The maximum atomic E-state index is 11.1. The molecule has 1 aromatic carbocycles. The number of imidazole rings is 1. The molecule has 0 saturated heterocycles. The minimum atomic E-state index is -3.10. The van der Waals surface area contributed by atoms with Crippen LogP contribution in [0.5, 0.6) is 0 Å². The van der Waals surface area contributed by atoms with Crippen molar-refractivity contribution in [2.24, 2.45) is 5.92 Å².